The van der Waals surface area contributed by atoms with Crippen molar-refractivity contribution in [2.75, 3.05) is 5.84 Å². The minimum atomic E-state index is -0.382. The SMILES string of the molecule is Cc1nnc(Sc2ncnc3c(F)cccc23)n1N. The Labute approximate surface area is 111 Å². The number of benzene rings is 1. The number of nitrogens with two attached hydrogens (primary N) is 1. The van der Waals surface area contributed by atoms with E-state index in [1.165, 1.54) is 28.8 Å². The van der Waals surface area contributed by atoms with E-state index in [4.69, 9.17) is 5.84 Å². The smallest absolute Gasteiger partial charge is 0.216 e. The molecule has 6 nitrogen and oxygen atoms in total. The number of nitrogen functional groups attached to an aromatic ring is 1. The summed E-state index contributed by atoms with van der Waals surface area (Å²) in [5.41, 5.74) is 0.278. The molecule has 0 aliphatic rings. The Kier molecular flexibility index (Phi) is 2.79. The highest BCUT2D eigenvalue weighted by atomic mass is 32.2. The van der Waals surface area contributed by atoms with Crippen molar-refractivity contribution in [2.24, 2.45) is 0 Å². The molecule has 3 aromatic rings. The maximum absolute atomic E-state index is 13.6. The molecule has 1 aromatic carbocycles. The fourth-order valence-corrected chi connectivity index (χ4v) is 2.47. The molecule has 0 unspecified atom stereocenters. The van der Waals surface area contributed by atoms with E-state index < -0.39 is 0 Å². The van der Waals surface area contributed by atoms with Gasteiger partial charge in [-0.25, -0.2) is 19.0 Å². The van der Waals surface area contributed by atoms with Gasteiger partial charge in [-0.05, 0) is 30.8 Å². The standard InChI is InChI=1S/C11H9FN6S/c1-6-16-17-11(18(6)13)19-10-7-3-2-4-8(12)9(7)14-5-15-10/h2-5H,13H2,1H3. The van der Waals surface area contributed by atoms with Gasteiger partial charge in [0.05, 0.1) is 0 Å². The minimum Gasteiger partial charge on any atom is -0.336 e. The van der Waals surface area contributed by atoms with Crippen LogP contribution >= 0.6 is 11.8 Å². The van der Waals surface area contributed by atoms with Crippen LogP contribution in [0.4, 0.5) is 4.39 Å². The second-order valence-electron chi connectivity index (χ2n) is 3.82. The molecule has 8 heteroatoms. The Bertz CT molecular complexity index is 756. The molecule has 0 bridgehead atoms. The topological polar surface area (TPSA) is 82.5 Å². The molecule has 2 heterocycles. The van der Waals surface area contributed by atoms with Crippen LogP contribution in [0.25, 0.3) is 10.9 Å². The summed E-state index contributed by atoms with van der Waals surface area (Å²) < 4.78 is 15.0. The van der Waals surface area contributed by atoms with Crippen LogP contribution in [0.5, 0.6) is 0 Å². The van der Waals surface area contributed by atoms with E-state index in [9.17, 15) is 4.39 Å². The van der Waals surface area contributed by atoms with Crippen LogP contribution in [0, 0.1) is 12.7 Å². The van der Waals surface area contributed by atoms with E-state index >= 15 is 0 Å². The van der Waals surface area contributed by atoms with Crippen molar-refractivity contribution in [1.82, 2.24) is 24.8 Å². The van der Waals surface area contributed by atoms with Crippen molar-refractivity contribution in [2.45, 2.75) is 17.1 Å². The molecular weight excluding hydrogens is 267 g/mol. The first-order valence-corrected chi connectivity index (χ1v) is 6.22. The summed E-state index contributed by atoms with van der Waals surface area (Å²) in [6, 6.07) is 4.73. The lowest BCUT2D eigenvalue weighted by Gasteiger charge is -2.04. The van der Waals surface area contributed by atoms with E-state index in [1.54, 1.807) is 19.1 Å². The molecule has 19 heavy (non-hydrogen) atoms. The zero-order valence-electron chi connectivity index (χ0n) is 9.91. The summed E-state index contributed by atoms with van der Waals surface area (Å²) in [7, 11) is 0. The molecule has 0 amide bonds. The van der Waals surface area contributed by atoms with Gasteiger partial charge in [-0.2, -0.15) is 0 Å². The Hall–Kier alpha value is -2.22. The third-order valence-corrected chi connectivity index (χ3v) is 3.58. The van der Waals surface area contributed by atoms with Gasteiger partial charge in [0, 0.05) is 5.39 Å². The second kappa shape index (κ2) is 4.47. The molecule has 0 saturated heterocycles. The van der Waals surface area contributed by atoms with Gasteiger partial charge in [-0.1, -0.05) is 6.07 Å². The molecule has 0 aliphatic carbocycles. The molecule has 96 valence electrons. The number of aromatic nitrogens is 5. The van der Waals surface area contributed by atoms with Gasteiger partial charge in [0.25, 0.3) is 0 Å². The minimum absolute atomic E-state index is 0.278. The fraction of sp³-hybridized carbons (Fsp3) is 0.0909. The molecule has 0 atom stereocenters. The van der Waals surface area contributed by atoms with Crippen LogP contribution in [0.15, 0.2) is 34.7 Å². The van der Waals surface area contributed by atoms with E-state index in [2.05, 4.69) is 20.2 Å². The number of hydrogen-bond donors (Lipinski definition) is 1. The van der Waals surface area contributed by atoms with Crippen LogP contribution in [0.1, 0.15) is 5.82 Å². The van der Waals surface area contributed by atoms with Crippen LogP contribution in [0.3, 0.4) is 0 Å². The highest BCUT2D eigenvalue weighted by molar-refractivity contribution is 7.99. The van der Waals surface area contributed by atoms with Gasteiger partial charge in [-0.3, -0.25) is 0 Å². The summed E-state index contributed by atoms with van der Waals surface area (Å²) in [6.07, 6.45) is 1.32. The fourth-order valence-electron chi connectivity index (χ4n) is 1.62. The number of nitrogens with zero attached hydrogens (tertiary/aromatic N) is 5. The summed E-state index contributed by atoms with van der Waals surface area (Å²) in [4.78, 5) is 8.08. The summed E-state index contributed by atoms with van der Waals surface area (Å²) in [5, 5.41) is 9.49. The van der Waals surface area contributed by atoms with Crippen molar-refractivity contribution >= 4 is 22.7 Å². The summed E-state index contributed by atoms with van der Waals surface area (Å²) >= 11 is 1.22. The monoisotopic (exact) mass is 276 g/mol. The lowest BCUT2D eigenvalue weighted by atomic mass is 10.2. The third kappa shape index (κ3) is 1.99. The van der Waals surface area contributed by atoms with Crippen LogP contribution in [-0.2, 0) is 0 Å². The number of rotatable bonds is 2. The number of hydrogen-bond acceptors (Lipinski definition) is 6. The van der Waals surface area contributed by atoms with Crippen LogP contribution in [0.2, 0.25) is 0 Å². The normalized spacial score (nSPS) is 11.1. The van der Waals surface area contributed by atoms with Crippen molar-refractivity contribution in [3.05, 3.63) is 36.2 Å². The van der Waals surface area contributed by atoms with Gasteiger partial charge in [0.1, 0.15) is 28.5 Å². The molecule has 0 radical (unpaired) electrons. The molecule has 2 N–H and O–H groups in total. The number of halogens is 1. The highest BCUT2D eigenvalue weighted by Gasteiger charge is 2.13. The van der Waals surface area contributed by atoms with Gasteiger partial charge >= 0.3 is 0 Å². The van der Waals surface area contributed by atoms with E-state index in [-0.39, 0.29) is 11.3 Å². The quantitative estimate of drug-likeness (QED) is 0.564. The Balaban J connectivity index is 2.11. The summed E-state index contributed by atoms with van der Waals surface area (Å²) in [5.74, 6) is 5.99. The molecular formula is C11H9FN6S. The predicted octanol–water partition coefficient (Wildman–Crippen LogP) is 1.53. The average Bonchev–Trinajstić information content (AvgIpc) is 2.72. The van der Waals surface area contributed by atoms with Crippen molar-refractivity contribution in [3.63, 3.8) is 0 Å². The van der Waals surface area contributed by atoms with E-state index in [0.29, 0.717) is 21.4 Å². The zero-order valence-corrected chi connectivity index (χ0v) is 10.7. The number of aryl methyl sites for hydroxylation is 1. The van der Waals surface area contributed by atoms with Gasteiger partial charge in [-0.15, -0.1) is 10.2 Å². The Morgan fingerprint density at radius 1 is 1.26 bits per heavy atom. The average molecular weight is 276 g/mol. The predicted molar refractivity (Wildman–Crippen MR) is 68.5 cm³/mol. The highest BCUT2D eigenvalue weighted by Crippen LogP contribution is 2.30. The van der Waals surface area contributed by atoms with Gasteiger partial charge in [0.2, 0.25) is 5.16 Å². The van der Waals surface area contributed by atoms with Crippen LogP contribution < -0.4 is 5.84 Å². The lowest BCUT2D eigenvalue weighted by Crippen LogP contribution is -2.11. The Morgan fingerprint density at radius 2 is 2.11 bits per heavy atom. The number of fused-ring (bicyclic) bond motifs is 1. The molecule has 0 saturated carbocycles. The molecule has 0 fully saturated rings. The van der Waals surface area contributed by atoms with Gasteiger partial charge in [0.15, 0.2) is 0 Å². The van der Waals surface area contributed by atoms with E-state index in [0.717, 1.165) is 0 Å². The van der Waals surface area contributed by atoms with Gasteiger partial charge < -0.3 is 5.84 Å². The van der Waals surface area contributed by atoms with Crippen LogP contribution in [-0.4, -0.2) is 24.8 Å². The van der Waals surface area contributed by atoms with Crippen molar-refractivity contribution in [3.8, 4) is 0 Å². The largest absolute Gasteiger partial charge is 0.336 e. The second-order valence-corrected chi connectivity index (χ2v) is 4.77. The first kappa shape index (κ1) is 11.8. The zero-order chi connectivity index (χ0) is 13.4. The van der Waals surface area contributed by atoms with Crippen molar-refractivity contribution < 1.29 is 4.39 Å². The van der Waals surface area contributed by atoms with E-state index in [1.807, 2.05) is 0 Å². The molecule has 2 aromatic heterocycles. The van der Waals surface area contributed by atoms with Crippen molar-refractivity contribution in [1.29, 1.82) is 0 Å². The molecule has 0 spiro atoms. The summed E-state index contributed by atoms with van der Waals surface area (Å²) in [6.45, 7) is 1.74. The maximum Gasteiger partial charge on any atom is 0.216 e. The Morgan fingerprint density at radius 3 is 2.84 bits per heavy atom. The maximum atomic E-state index is 13.6. The first-order chi connectivity index (χ1) is 9.16. The molecule has 0 aliphatic heterocycles. The first-order valence-electron chi connectivity index (χ1n) is 5.41. The lowest BCUT2D eigenvalue weighted by molar-refractivity contribution is 0.636. The molecule has 3 rings (SSSR count). The number of para-hydroxylation sites is 1. The third-order valence-electron chi connectivity index (χ3n) is 2.60.